The first-order valence-corrected chi connectivity index (χ1v) is 8.94. The molecule has 0 aliphatic rings. The molecular formula is C21H18N2O7. The molecule has 0 saturated carbocycles. The number of esters is 1. The molecule has 0 spiro atoms. The fourth-order valence-corrected chi connectivity index (χ4v) is 2.70. The summed E-state index contributed by atoms with van der Waals surface area (Å²) in [4.78, 5) is 34.9. The Morgan fingerprint density at radius 1 is 1.10 bits per heavy atom. The van der Waals surface area contributed by atoms with Crippen LogP contribution in [0.15, 0.2) is 59.0 Å². The maximum Gasteiger partial charge on any atom is 0.338 e. The number of nitrogens with one attached hydrogen (secondary N) is 1. The van der Waals surface area contributed by atoms with Crippen LogP contribution in [0.4, 0.5) is 11.4 Å². The van der Waals surface area contributed by atoms with Gasteiger partial charge >= 0.3 is 5.97 Å². The van der Waals surface area contributed by atoms with Gasteiger partial charge in [-0.15, -0.1) is 0 Å². The van der Waals surface area contributed by atoms with Gasteiger partial charge in [0.1, 0.15) is 11.5 Å². The van der Waals surface area contributed by atoms with Crippen molar-refractivity contribution in [2.75, 3.05) is 19.0 Å². The number of hydrogen-bond acceptors (Lipinski definition) is 7. The van der Waals surface area contributed by atoms with E-state index >= 15 is 0 Å². The summed E-state index contributed by atoms with van der Waals surface area (Å²) in [5.41, 5.74) is 0.826. The van der Waals surface area contributed by atoms with E-state index in [0.29, 0.717) is 17.0 Å². The van der Waals surface area contributed by atoms with E-state index in [9.17, 15) is 19.7 Å². The van der Waals surface area contributed by atoms with Gasteiger partial charge in [0.2, 0.25) is 0 Å². The molecule has 0 fully saturated rings. The molecule has 3 rings (SSSR count). The van der Waals surface area contributed by atoms with Crippen LogP contribution in [0, 0.1) is 10.1 Å². The van der Waals surface area contributed by atoms with Crippen LogP contribution in [0.25, 0.3) is 11.3 Å². The molecule has 2 aromatic carbocycles. The smallest absolute Gasteiger partial charge is 0.338 e. The minimum Gasteiger partial charge on any atom is -0.497 e. The summed E-state index contributed by atoms with van der Waals surface area (Å²) in [6, 6.07) is 13.4. The van der Waals surface area contributed by atoms with E-state index < -0.39 is 16.8 Å². The maximum absolute atomic E-state index is 12.4. The van der Waals surface area contributed by atoms with E-state index in [-0.39, 0.29) is 29.4 Å². The van der Waals surface area contributed by atoms with Gasteiger partial charge in [0.05, 0.1) is 35.8 Å². The summed E-state index contributed by atoms with van der Waals surface area (Å²) in [6.45, 7) is 1.98. The van der Waals surface area contributed by atoms with Crippen molar-refractivity contribution in [3.63, 3.8) is 0 Å². The first kappa shape index (κ1) is 20.6. The molecular weight excluding hydrogens is 392 g/mol. The third-order valence-corrected chi connectivity index (χ3v) is 4.15. The summed E-state index contributed by atoms with van der Waals surface area (Å²) in [6.07, 6.45) is 0. The summed E-state index contributed by atoms with van der Waals surface area (Å²) >= 11 is 0. The third-order valence-electron chi connectivity index (χ3n) is 4.15. The second-order valence-electron chi connectivity index (χ2n) is 6.06. The quantitative estimate of drug-likeness (QED) is 0.350. The van der Waals surface area contributed by atoms with Crippen LogP contribution in [-0.2, 0) is 4.74 Å². The number of carbonyl (C=O) groups is 2. The fraction of sp³-hybridized carbons (Fsp3) is 0.143. The molecule has 3 aromatic rings. The van der Waals surface area contributed by atoms with Gasteiger partial charge in [0.15, 0.2) is 5.76 Å². The average Bonchev–Trinajstić information content (AvgIpc) is 3.24. The first-order valence-electron chi connectivity index (χ1n) is 8.94. The summed E-state index contributed by atoms with van der Waals surface area (Å²) in [5.74, 6) is -0.508. The Bertz CT molecular complexity index is 1090. The van der Waals surface area contributed by atoms with Crippen molar-refractivity contribution in [2.45, 2.75) is 6.92 Å². The Labute approximate surface area is 171 Å². The molecule has 1 amide bonds. The van der Waals surface area contributed by atoms with Crippen LogP contribution in [0.1, 0.15) is 27.8 Å². The second kappa shape index (κ2) is 8.91. The number of methoxy groups -OCH3 is 1. The Morgan fingerprint density at radius 2 is 1.83 bits per heavy atom. The Balaban J connectivity index is 1.77. The highest BCUT2D eigenvalue weighted by molar-refractivity contribution is 6.03. The van der Waals surface area contributed by atoms with Crippen LogP contribution in [-0.4, -0.2) is 30.5 Å². The van der Waals surface area contributed by atoms with Gasteiger partial charge in [-0.1, -0.05) is 0 Å². The van der Waals surface area contributed by atoms with Crippen LogP contribution in [0.3, 0.4) is 0 Å². The number of rotatable bonds is 7. The van der Waals surface area contributed by atoms with Crippen LogP contribution in [0.2, 0.25) is 0 Å². The van der Waals surface area contributed by atoms with Gasteiger partial charge in [0, 0.05) is 5.69 Å². The molecule has 0 radical (unpaired) electrons. The Kier molecular flexibility index (Phi) is 6.11. The summed E-state index contributed by atoms with van der Waals surface area (Å²) in [7, 11) is 1.41. The van der Waals surface area contributed by atoms with Crippen molar-refractivity contribution in [2.24, 2.45) is 0 Å². The molecule has 1 N–H and O–H groups in total. The number of ether oxygens (including phenoxy) is 2. The lowest BCUT2D eigenvalue weighted by Crippen LogP contribution is -2.11. The number of nitro benzene ring substituents is 1. The lowest BCUT2D eigenvalue weighted by molar-refractivity contribution is -0.384. The molecule has 0 bridgehead atoms. The highest BCUT2D eigenvalue weighted by atomic mass is 16.6. The van der Waals surface area contributed by atoms with Crippen molar-refractivity contribution in [3.8, 4) is 17.1 Å². The maximum atomic E-state index is 12.4. The van der Waals surface area contributed by atoms with E-state index in [1.165, 1.54) is 43.5 Å². The molecule has 1 aromatic heterocycles. The van der Waals surface area contributed by atoms with E-state index in [2.05, 4.69) is 5.32 Å². The minimum atomic E-state index is -0.550. The molecule has 0 aliphatic carbocycles. The summed E-state index contributed by atoms with van der Waals surface area (Å²) in [5, 5.41) is 14.0. The predicted molar refractivity (Wildman–Crippen MR) is 108 cm³/mol. The van der Waals surface area contributed by atoms with Crippen molar-refractivity contribution in [1.82, 2.24) is 0 Å². The number of benzene rings is 2. The SMILES string of the molecule is CCOC(=O)c1ccc(NC(=O)c2ccc(-c3ccc(OC)cc3[N+](=O)[O-])o2)cc1. The van der Waals surface area contributed by atoms with Gasteiger partial charge < -0.3 is 19.2 Å². The van der Waals surface area contributed by atoms with Gasteiger partial charge in [0.25, 0.3) is 11.6 Å². The van der Waals surface area contributed by atoms with Gasteiger partial charge in [-0.2, -0.15) is 0 Å². The Morgan fingerprint density at radius 3 is 2.47 bits per heavy atom. The third kappa shape index (κ3) is 4.46. The largest absolute Gasteiger partial charge is 0.497 e. The lowest BCUT2D eigenvalue weighted by Gasteiger charge is -2.05. The first-order chi connectivity index (χ1) is 14.4. The highest BCUT2D eigenvalue weighted by Crippen LogP contribution is 2.34. The number of anilines is 1. The normalized spacial score (nSPS) is 10.3. The van der Waals surface area contributed by atoms with Crippen LogP contribution in [0.5, 0.6) is 5.75 Å². The van der Waals surface area contributed by atoms with Gasteiger partial charge in [-0.3, -0.25) is 14.9 Å². The molecule has 0 aliphatic heterocycles. The number of hydrogen-bond donors (Lipinski definition) is 1. The Hall–Kier alpha value is -4.14. The monoisotopic (exact) mass is 410 g/mol. The zero-order chi connectivity index (χ0) is 21.7. The fourth-order valence-electron chi connectivity index (χ4n) is 2.70. The molecule has 154 valence electrons. The van der Waals surface area contributed by atoms with E-state index in [1.807, 2.05) is 0 Å². The van der Waals surface area contributed by atoms with Crippen molar-refractivity contribution >= 4 is 23.3 Å². The number of nitro groups is 1. The molecule has 0 unspecified atom stereocenters. The predicted octanol–water partition coefficient (Wildman–Crippen LogP) is 4.29. The summed E-state index contributed by atoms with van der Waals surface area (Å²) < 4.78 is 15.5. The zero-order valence-electron chi connectivity index (χ0n) is 16.2. The standard InChI is InChI=1S/C21H18N2O7/c1-3-29-21(25)13-4-6-14(7-5-13)22-20(24)19-11-10-18(30-19)16-9-8-15(28-2)12-17(16)23(26)27/h4-12H,3H2,1-2H3,(H,22,24). The highest BCUT2D eigenvalue weighted by Gasteiger charge is 2.21. The second-order valence-corrected chi connectivity index (χ2v) is 6.06. The number of nitrogens with zero attached hydrogens (tertiary/aromatic N) is 1. The van der Waals surface area contributed by atoms with Crippen molar-refractivity contribution in [3.05, 3.63) is 76.0 Å². The van der Waals surface area contributed by atoms with E-state index in [4.69, 9.17) is 13.9 Å². The topological polar surface area (TPSA) is 121 Å². The van der Waals surface area contributed by atoms with Gasteiger partial charge in [-0.25, -0.2) is 4.79 Å². The molecule has 1 heterocycles. The number of carbonyl (C=O) groups excluding carboxylic acids is 2. The van der Waals surface area contributed by atoms with Crippen LogP contribution < -0.4 is 10.1 Å². The van der Waals surface area contributed by atoms with E-state index in [1.54, 1.807) is 25.1 Å². The number of amides is 1. The van der Waals surface area contributed by atoms with Crippen molar-refractivity contribution < 1.29 is 28.4 Å². The molecule has 9 heteroatoms. The zero-order valence-corrected chi connectivity index (χ0v) is 16.2. The molecule has 30 heavy (non-hydrogen) atoms. The van der Waals surface area contributed by atoms with E-state index in [0.717, 1.165) is 0 Å². The molecule has 0 atom stereocenters. The lowest BCUT2D eigenvalue weighted by atomic mass is 10.1. The average molecular weight is 410 g/mol. The number of furan rings is 1. The van der Waals surface area contributed by atoms with Gasteiger partial charge in [-0.05, 0) is 55.5 Å². The minimum absolute atomic E-state index is 0.0235. The molecule has 9 nitrogen and oxygen atoms in total. The van der Waals surface area contributed by atoms with Crippen molar-refractivity contribution in [1.29, 1.82) is 0 Å². The van der Waals surface area contributed by atoms with Crippen LogP contribution >= 0.6 is 0 Å². The molecule has 0 saturated heterocycles.